The molecule has 0 aromatic carbocycles. The van der Waals surface area contributed by atoms with E-state index in [0.717, 1.165) is 5.92 Å². The van der Waals surface area contributed by atoms with E-state index in [1.54, 1.807) is 0 Å². The normalized spacial score (nSPS) is 12.8. The molecule has 0 rings (SSSR count). The molecular weight excluding hydrogens is 346 g/mol. The second kappa shape index (κ2) is 22.6. The molecule has 164 valence electrons. The third-order valence-corrected chi connectivity index (χ3v) is 6.58. The minimum absolute atomic E-state index is 0.872. The van der Waals surface area contributed by atoms with Crippen LogP contribution in [0.25, 0.3) is 0 Å². The van der Waals surface area contributed by atoms with E-state index >= 15 is 0 Å². The fraction of sp³-hybridized carbons (Fsp3) is 1.00. The Labute approximate surface area is 177 Å². The Hall–Kier alpha value is 0.310. The fourth-order valence-corrected chi connectivity index (χ4v) is 4.58. The van der Waals surface area contributed by atoms with Crippen LogP contribution in [-0.4, -0.2) is 36.0 Å². The average Bonchev–Trinajstić information content (AvgIpc) is 2.66. The van der Waals surface area contributed by atoms with E-state index in [0.29, 0.717) is 0 Å². The Morgan fingerprint density at radius 2 is 1.15 bits per heavy atom. The summed E-state index contributed by atoms with van der Waals surface area (Å²) in [5, 5.41) is 0. The SMILES string of the molecule is CCCCCCCCCCN(CCSCC)CC(C)CCCCCCCC. The van der Waals surface area contributed by atoms with Crippen LogP contribution in [0.5, 0.6) is 0 Å². The zero-order chi connectivity index (χ0) is 20.0. The number of rotatable bonds is 22. The lowest BCUT2D eigenvalue weighted by Gasteiger charge is -2.26. The molecule has 0 heterocycles. The summed E-state index contributed by atoms with van der Waals surface area (Å²) in [5.41, 5.74) is 0. The second-order valence-electron chi connectivity index (χ2n) is 8.63. The monoisotopic (exact) mass is 399 g/mol. The molecule has 0 bridgehead atoms. The molecule has 2 heteroatoms. The van der Waals surface area contributed by atoms with Gasteiger partial charge in [0, 0.05) is 18.8 Å². The highest BCUT2D eigenvalue weighted by Crippen LogP contribution is 2.15. The highest BCUT2D eigenvalue weighted by atomic mass is 32.2. The summed E-state index contributed by atoms with van der Waals surface area (Å²) in [5.74, 6) is 3.45. The van der Waals surface area contributed by atoms with E-state index in [4.69, 9.17) is 0 Å². The topological polar surface area (TPSA) is 3.24 Å². The van der Waals surface area contributed by atoms with Gasteiger partial charge in [-0.25, -0.2) is 0 Å². The highest BCUT2D eigenvalue weighted by molar-refractivity contribution is 7.99. The molecule has 0 amide bonds. The van der Waals surface area contributed by atoms with Crippen LogP contribution in [0.15, 0.2) is 0 Å². The first-order valence-corrected chi connectivity index (χ1v) is 13.7. The van der Waals surface area contributed by atoms with Gasteiger partial charge in [0.2, 0.25) is 0 Å². The molecule has 27 heavy (non-hydrogen) atoms. The molecule has 0 saturated heterocycles. The van der Waals surface area contributed by atoms with E-state index in [1.165, 1.54) is 127 Å². The second-order valence-corrected chi connectivity index (χ2v) is 10.0. The molecule has 0 spiro atoms. The standard InChI is InChI=1S/C25H53NS/c1-5-8-10-12-14-15-17-19-21-26(22-23-27-7-3)24-25(4)20-18-16-13-11-9-6-2/h25H,5-24H2,1-4H3. The largest absolute Gasteiger partial charge is 0.302 e. The van der Waals surface area contributed by atoms with Gasteiger partial charge in [-0.2, -0.15) is 11.8 Å². The lowest BCUT2D eigenvalue weighted by molar-refractivity contribution is 0.237. The van der Waals surface area contributed by atoms with Gasteiger partial charge in [-0.3, -0.25) is 0 Å². The Kier molecular flexibility index (Phi) is 22.9. The van der Waals surface area contributed by atoms with Gasteiger partial charge in [-0.15, -0.1) is 0 Å². The van der Waals surface area contributed by atoms with Gasteiger partial charge in [-0.05, 0) is 31.1 Å². The Balaban J connectivity index is 3.84. The summed E-state index contributed by atoms with van der Waals surface area (Å²) in [4.78, 5) is 2.78. The number of hydrogen-bond donors (Lipinski definition) is 0. The van der Waals surface area contributed by atoms with Gasteiger partial charge in [-0.1, -0.05) is 111 Å². The molecule has 0 aliphatic heterocycles. The summed E-state index contributed by atoms with van der Waals surface area (Å²) in [7, 11) is 0. The van der Waals surface area contributed by atoms with Crippen LogP contribution in [0.3, 0.4) is 0 Å². The van der Waals surface area contributed by atoms with Crippen LogP contribution in [0.2, 0.25) is 0 Å². The Morgan fingerprint density at radius 3 is 1.70 bits per heavy atom. The van der Waals surface area contributed by atoms with Crippen LogP contribution in [-0.2, 0) is 0 Å². The molecule has 1 unspecified atom stereocenters. The van der Waals surface area contributed by atoms with Crippen molar-refractivity contribution in [1.29, 1.82) is 0 Å². The van der Waals surface area contributed by atoms with Crippen LogP contribution in [0.4, 0.5) is 0 Å². The smallest absolute Gasteiger partial charge is 0.00724 e. The van der Waals surface area contributed by atoms with Gasteiger partial charge >= 0.3 is 0 Å². The predicted octanol–water partition coefficient (Wildman–Crippen LogP) is 8.57. The van der Waals surface area contributed by atoms with Crippen LogP contribution >= 0.6 is 11.8 Å². The molecule has 0 saturated carbocycles. The molecule has 0 aliphatic rings. The summed E-state index contributed by atoms with van der Waals surface area (Å²) >= 11 is 2.11. The van der Waals surface area contributed by atoms with Crippen molar-refractivity contribution in [2.24, 2.45) is 5.92 Å². The number of hydrogen-bond acceptors (Lipinski definition) is 2. The van der Waals surface area contributed by atoms with Crippen LogP contribution in [0.1, 0.15) is 124 Å². The fourth-order valence-electron chi connectivity index (χ4n) is 3.91. The van der Waals surface area contributed by atoms with E-state index in [-0.39, 0.29) is 0 Å². The highest BCUT2D eigenvalue weighted by Gasteiger charge is 2.10. The van der Waals surface area contributed by atoms with Crippen molar-refractivity contribution in [3.63, 3.8) is 0 Å². The first kappa shape index (κ1) is 27.3. The first-order chi connectivity index (χ1) is 13.2. The minimum atomic E-state index is 0.872. The molecule has 0 fully saturated rings. The van der Waals surface area contributed by atoms with Crippen molar-refractivity contribution in [1.82, 2.24) is 4.90 Å². The molecule has 0 aromatic rings. The Bertz CT molecular complexity index is 269. The van der Waals surface area contributed by atoms with E-state index in [2.05, 4.69) is 44.4 Å². The first-order valence-electron chi connectivity index (χ1n) is 12.5. The quantitative estimate of drug-likeness (QED) is 0.168. The van der Waals surface area contributed by atoms with Crippen LogP contribution < -0.4 is 0 Å². The third kappa shape index (κ3) is 20.8. The number of unbranched alkanes of at least 4 members (excludes halogenated alkanes) is 12. The lowest BCUT2D eigenvalue weighted by Crippen LogP contribution is -2.32. The average molecular weight is 400 g/mol. The minimum Gasteiger partial charge on any atom is -0.302 e. The lowest BCUT2D eigenvalue weighted by atomic mass is 10.0. The maximum atomic E-state index is 2.78. The van der Waals surface area contributed by atoms with Gasteiger partial charge in [0.1, 0.15) is 0 Å². The van der Waals surface area contributed by atoms with Crippen molar-refractivity contribution >= 4 is 11.8 Å². The van der Waals surface area contributed by atoms with Gasteiger partial charge in [0.25, 0.3) is 0 Å². The molecule has 0 radical (unpaired) electrons. The van der Waals surface area contributed by atoms with Crippen molar-refractivity contribution in [2.45, 2.75) is 124 Å². The summed E-state index contributed by atoms with van der Waals surface area (Å²) in [6, 6.07) is 0. The maximum Gasteiger partial charge on any atom is 0.00724 e. The van der Waals surface area contributed by atoms with Gasteiger partial charge in [0.15, 0.2) is 0 Å². The van der Waals surface area contributed by atoms with Gasteiger partial charge in [0.05, 0.1) is 0 Å². The molecule has 1 atom stereocenters. The van der Waals surface area contributed by atoms with Crippen molar-refractivity contribution in [3.8, 4) is 0 Å². The van der Waals surface area contributed by atoms with Gasteiger partial charge < -0.3 is 4.90 Å². The summed E-state index contributed by atoms with van der Waals surface area (Å²) < 4.78 is 0. The third-order valence-electron chi connectivity index (χ3n) is 5.70. The van der Waals surface area contributed by atoms with Crippen molar-refractivity contribution < 1.29 is 0 Å². The predicted molar refractivity (Wildman–Crippen MR) is 129 cm³/mol. The van der Waals surface area contributed by atoms with E-state index < -0.39 is 0 Å². The molecular formula is C25H53NS. The van der Waals surface area contributed by atoms with E-state index in [9.17, 15) is 0 Å². The zero-order valence-electron chi connectivity index (χ0n) is 19.6. The maximum absolute atomic E-state index is 2.78. The summed E-state index contributed by atoms with van der Waals surface area (Å²) in [6.45, 7) is 13.3. The Morgan fingerprint density at radius 1 is 0.630 bits per heavy atom. The van der Waals surface area contributed by atoms with Crippen molar-refractivity contribution in [3.05, 3.63) is 0 Å². The molecule has 1 nitrogen and oxygen atoms in total. The number of nitrogens with zero attached hydrogens (tertiary/aromatic N) is 1. The van der Waals surface area contributed by atoms with Crippen molar-refractivity contribution in [2.75, 3.05) is 31.1 Å². The summed E-state index contributed by atoms with van der Waals surface area (Å²) in [6.07, 6.45) is 21.5. The molecule has 0 aromatic heterocycles. The zero-order valence-corrected chi connectivity index (χ0v) is 20.4. The van der Waals surface area contributed by atoms with E-state index in [1.807, 2.05) is 0 Å². The van der Waals surface area contributed by atoms with Crippen LogP contribution in [0, 0.1) is 5.92 Å². The number of thioether (sulfide) groups is 1. The molecule has 0 aliphatic carbocycles. The molecule has 0 N–H and O–H groups in total.